The maximum Gasteiger partial charge on any atom is 0.235 e. The van der Waals surface area contributed by atoms with Crippen molar-refractivity contribution in [3.63, 3.8) is 0 Å². The summed E-state index contributed by atoms with van der Waals surface area (Å²) in [5.41, 5.74) is 13.1. The summed E-state index contributed by atoms with van der Waals surface area (Å²) in [5, 5.41) is 8.47. The normalized spacial score (nSPS) is 23.4. The van der Waals surface area contributed by atoms with Crippen LogP contribution < -0.4 is 0 Å². The highest BCUT2D eigenvalue weighted by molar-refractivity contribution is 6.17. The molecule has 4 fully saturated rings. The smallest absolute Gasteiger partial charge is 0.235 e. The van der Waals surface area contributed by atoms with Crippen molar-refractivity contribution in [3.8, 4) is 28.3 Å². The highest BCUT2D eigenvalue weighted by atomic mass is 16.3. The predicted octanol–water partition coefficient (Wildman–Crippen LogP) is 13.2. The Labute approximate surface area is 323 Å². The fourth-order valence-corrected chi connectivity index (χ4v) is 12.9. The van der Waals surface area contributed by atoms with Crippen molar-refractivity contribution in [1.82, 2.24) is 14.5 Å². The van der Waals surface area contributed by atoms with Crippen molar-refractivity contribution in [2.24, 2.45) is 23.7 Å². The van der Waals surface area contributed by atoms with Crippen molar-refractivity contribution in [2.75, 3.05) is 0 Å². The van der Waals surface area contributed by atoms with Crippen LogP contribution in [0.25, 0.3) is 93.8 Å². The van der Waals surface area contributed by atoms with Gasteiger partial charge in [-0.15, -0.1) is 0 Å². The number of hydrogen-bond donors (Lipinski definition) is 0. The second-order valence-corrected chi connectivity index (χ2v) is 17.4. The van der Waals surface area contributed by atoms with Gasteiger partial charge in [-0.2, -0.15) is 0 Å². The highest BCUT2D eigenvalue weighted by Crippen LogP contribution is 2.70. The van der Waals surface area contributed by atoms with E-state index in [9.17, 15) is 0 Å². The minimum Gasteiger partial charge on any atom is -0.456 e. The third-order valence-corrected chi connectivity index (χ3v) is 14.7. The van der Waals surface area contributed by atoms with Crippen LogP contribution in [0.1, 0.15) is 43.2 Å². The van der Waals surface area contributed by atoms with E-state index in [1.54, 1.807) is 11.1 Å². The van der Waals surface area contributed by atoms with Gasteiger partial charge in [-0.3, -0.25) is 4.57 Å². The lowest BCUT2D eigenvalue weighted by Crippen LogP contribution is -2.55. The molecule has 0 N–H and O–H groups in total. The number of nitrogens with zero attached hydrogens (tertiary/aromatic N) is 3. The molecule has 1 spiro atoms. The molecule has 0 atom stereocenters. The third kappa shape index (κ3) is 3.71. The van der Waals surface area contributed by atoms with Crippen LogP contribution in [-0.4, -0.2) is 14.5 Å². The number of fused-ring (bicyclic) bond motifs is 12. The average molecular weight is 720 g/mol. The average Bonchev–Trinajstić information content (AvgIpc) is 3.87. The molecule has 0 radical (unpaired) electrons. The topological polar surface area (TPSA) is 43.9 Å². The molecule has 5 aliphatic rings. The van der Waals surface area contributed by atoms with Gasteiger partial charge in [0, 0.05) is 37.9 Å². The van der Waals surface area contributed by atoms with E-state index in [-0.39, 0.29) is 5.41 Å². The van der Waals surface area contributed by atoms with Crippen LogP contribution in [0.15, 0.2) is 144 Å². The summed E-state index contributed by atoms with van der Waals surface area (Å²) < 4.78 is 8.79. The molecule has 7 aromatic carbocycles. The molecule has 0 saturated heterocycles. The molecule has 0 unspecified atom stereocenters. The molecule has 3 aromatic heterocycles. The van der Waals surface area contributed by atoms with Crippen molar-refractivity contribution in [2.45, 2.75) is 37.5 Å². The van der Waals surface area contributed by atoms with Crippen LogP contribution in [0.4, 0.5) is 0 Å². The van der Waals surface area contributed by atoms with Gasteiger partial charge in [-0.1, -0.05) is 97.1 Å². The van der Waals surface area contributed by atoms with E-state index >= 15 is 0 Å². The van der Waals surface area contributed by atoms with Gasteiger partial charge >= 0.3 is 0 Å². The van der Waals surface area contributed by atoms with E-state index in [1.807, 2.05) is 12.1 Å². The van der Waals surface area contributed by atoms with E-state index in [0.29, 0.717) is 17.8 Å². The van der Waals surface area contributed by atoms with E-state index in [4.69, 9.17) is 14.4 Å². The molecule has 4 nitrogen and oxygen atoms in total. The second kappa shape index (κ2) is 10.5. The first kappa shape index (κ1) is 30.0. The summed E-state index contributed by atoms with van der Waals surface area (Å²) >= 11 is 0. The Bertz CT molecular complexity index is 3320. The van der Waals surface area contributed by atoms with E-state index in [0.717, 1.165) is 61.5 Å². The summed E-state index contributed by atoms with van der Waals surface area (Å²) in [7, 11) is 0. The summed E-state index contributed by atoms with van der Waals surface area (Å²) in [6, 6.07) is 51.3. The van der Waals surface area contributed by atoms with Crippen molar-refractivity contribution in [3.05, 3.63) is 151 Å². The molecular formula is C52H37N3O. The quantitative estimate of drug-likeness (QED) is 0.179. The lowest BCUT2D eigenvalue weighted by molar-refractivity contribution is -0.0393. The first-order chi connectivity index (χ1) is 27.7. The van der Waals surface area contributed by atoms with Gasteiger partial charge in [0.1, 0.15) is 11.2 Å². The third-order valence-electron chi connectivity index (χ3n) is 14.7. The maximum atomic E-state index is 6.40. The fraction of sp³-hybridized carbons (Fsp3) is 0.192. The Morgan fingerprint density at radius 1 is 0.536 bits per heavy atom. The molecule has 0 aliphatic heterocycles. The first-order valence-corrected chi connectivity index (χ1v) is 20.5. The fourth-order valence-electron chi connectivity index (χ4n) is 12.9. The van der Waals surface area contributed by atoms with Crippen molar-refractivity contribution in [1.29, 1.82) is 0 Å². The number of benzene rings is 7. The Morgan fingerprint density at radius 2 is 1.25 bits per heavy atom. The Hall–Kier alpha value is -6.26. The monoisotopic (exact) mass is 719 g/mol. The lowest BCUT2D eigenvalue weighted by atomic mass is 9.43. The second-order valence-electron chi connectivity index (χ2n) is 17.4. The van der Waals surface area contributed by atoms with Gasteiger partial charge in [-0.25, -0.2) is 9.97 Å². The van der Waals surface area contributed by atoms with Crippen LogP contribution in [0.3, 0.4) is 0 Å². The molecule has 10 aromatic rings. The Morgan fingerprint density at radius 3 is 2.11 bits per heavy atom. The Kier molecular flexibility index (Phi) is 5.64. The number of hydrogen-bond acceptors (Lipinski definition) is 3. The standard InChI is InChI=1S/C52H37N3O/c1-2-10-32-27-45-41(26-31(32)9-1)48-44(20-19-39-36-11-3-6-14-42(36)52(49(39)48)34-22-29-21-30(24-34)25-35(52)23-29)55(45)51-53-43-15-7-4-13-40(43)50(54-51)33-17-18-38-37-12-5-8-16-46(37)56-47(38)28-33/h1-20,26-30,34-35H,21-25H2. The zero-order valence-electron chi connectivity index (χ0n) is 30.9. The molecule has 0 amide bonds. The lowest BCUT2D eigenvalue weighted by Gasteiger charge is -2.61. The predicted molar refractivity (Wildman–Crippen MR) is 227 cm³/mol. The molecule has 3 heterocycles. The van der Waals surface area contributed by atoms with Gasteiger partial charge in [0.15, 0.2) is 0 Å². The molecular weight excluding hydrogens is 683 g/mol. The summed E-state index contributed by atoms with van der Waals surface area (Å²) in [6.07, 6.45) is 6.85. The summed E-state index contributed by atoms with van der Waals surface area (Å²) in [6.45, 7) is 0. The van der Waals surface area contributed by atoms with Crippen LogP contribution >= 0.6 is 0 Å². The van der Waals surface area contributed by atoms with Gasteiger partial charge < -0.3 is 4.42 Å². The maximum absolute atomic E-state index is 6.40. The molecule has 56 heavy (non-hydrogen) atoms. The van der Waals surface area contributed by atoms with Gasteiger partial charge in [-0.05, 0) is 131 Å². The van der Waals surface area contributed by atoms with Crippen molar-refractivity contribution >= 4 is 65.4 Å². The first-order valence-electron chi connectivity index (χ1n) is 20.5. The Balaban J connectivity index is 1.09. The highest BCUT2D eigenvalue weighted by Gasteiger charge is 2.62. The van der Waals surface area contributed by atoms with E-state index < -0.39 is 0 Å². The number of aromatic nitrogens is 3. The van der Waals surface area contributed by atoms with Crippen LogP contribution in [0.2, 0.25) is 0 Å². The van der Waals surface area contributed by atoms with Crippen LogP contribution in [0, 0.1) is 23.7 Å². The molecule has 266 valence electrons. The van der Waals surface area contributed by atoms with E-state index in [2.05, 4.69) is 132 Å². The largest absolute Gasteiger partial charge is 0.456 e. The zero-order chi connectivity index (χ0) is 36.3. The molecule has 4 heteroatoms. The SMILES string of the molecule is c1ccc2c(c1)-c1ccc3c(c1C21C2CC4CC(C2)CC1C4)c1cc2ccccc2cc1n3-c1nc(-c2ccc3c(c2)oc2ccccc23)c2ccccc2n1. The van der Waals surface area contributed by atoms with Crippen LogP contribution in [-0.2, 0) is 5.41 Å². The number of para-hydroxylation sites is 2. The summed E-state index contributed by atoms with van der Waals surface area (Å²) in [4.78, 5) is 11.0. The van der Waals surface area contributed by atoms with Gasteiger partial charge in [0.25, 0.3) is 0 Å². The van der Waals surface area contributed by atoms with Gasteiger partial charge in [0.2, 0.25) is 5.95 Å². The minimum absolute atomic E-state index is 0.0288. The molecule has 15 rings (SSSR count). The van der Waals surface area contributed by atoms with Gasteiger partial charge in [0.05, 0.1) is 22.2 Å². The molecule has 4 saturated carbocycles. The zero-order valence-corrected chi connectivity index (χ0v) is 30.9. The van der Waals surface area contributed by atoms with E-state index in [1.165, 1.54) is 70.3 Å². The number of rotatable bonds is 2. The minimum atomic E-state index is 0.0288. The van der Waals surface area contributed by atoms with Crippen LogP contribution in [0.5, 0.6) is 0 Å². The molecule has 5 aliphatic carbocycles. The number of furan rings is 1. The summed E-state index contributed by atoms with van der Waals surface area (Å²) in [5.74, 6) is 3.80. The van der Waals surface area contributed by atoms with Crippen molar-refractivity contribution < 1.29 is 4.42 Å². The molecule has 4 bridgehead atoms.